The first-order valence-corrected chi connectivity index (χ1v) is 7.29. The van der Waals surface area contributed by atoms with Crippen molar-refractivity contribution in [2.75, 3.05) is 0 Å². The van der Waals surface area contributed by atoms with E-state index >= 15 is 0 Å². The lowest BCUT2D eigenvalue weighted by Gasteiger charge is -2.20. The van der Waals surface area contributed by atoms with Gasteiger partial charge in [0.1, 0.15) is 5.82 Å². The van der Waals surface area contributed by atoms with E-state index in [1.54, 1.807) is 12.1 Å². The van der Waals surface area contributed by atoms with Crippen molar-refractivity contribution in [1.29, 1.82) is 0 Å². The van der Waals surface area contributed by atoms with Crippen LogP contribution in [0.25, 0.3) is 0 Å². The van der Waals surface area contributed by atoms with Gasteiger partial charge in [-0.05, 0) is 22.6 Å². The van der Waals surface area contributed by atoms with Crippen molar-refractivity contribution in [3.8, 4) is 0 Å². The number of benzene rings is 1. The molecular weight excluding hydrogens is 251 g/mol. The van der Waals surface area contributed by atoms with Gasteiger partial charge < -0.3 is 0 Å². The van der Waals surface area contributed by atoms with Gasteiger partial charge in [-0.15, -0.1) is 0 Å². The van der Waals surface area contributed by atoms with Crippen molar-refractivity contribution in [3.63, 3.8) is 0 Å². The third kappa shape index (κ3) is 3.76. The highest BCUT2D eigenvalue weighted by molar-refractivity contribution is 8.13. The standard InChI is InChI=1S/C11H14ClFO2S/c1-11(2,3)9-5-4-8(6-10(9)13)7-16(12,14)15/h4-6H,7H2,1-3H3. The van der Waals surface area contributed by atoms with E-state index in [0.29, 0.717) is 11.1 Å². The average Bonchev–Trinajstić information content (AvgIpc) is 1.97. The zero-order valence-electron chi connectivity index (χ0n) is 9.42. The number of rotatable bonds is 2. The number of halogens is 2. The average molecular weight is 265 g/mol. The highest BCUT2D eigenvalue weighted by Crippen LogP contribution is 2.26. The third-order valence-corrected chi connectivity index (χ3v) is 3.19. The van der Waals surface area contributed by atoms with E-state index in [1.807, 2.05) is 20.8 Å². The van der Waals surface area contributed by atoms with E-state index in [2.05, 4.69) is 0 Å². The van der Waals surface area contributed by atoms with Gasteiger partial charge in [0.2, 0.25) is 9.05 Å². The van der Waals surface area contributed by atoms with E-state index in [1.165, 1.54) is 6.07 Å². The summed E-state index contributed by atoms with van der Waals surface area (Å²) in [4.78, 5) is 0. The van der Waals surface area contributed by atoms with Crippen LogP contribution in [0.2, 0.25) is 0 Å². The first kappa shape index (κ1) is 13.5. The van der Waals surface area contributed by atoms with Gasteiger partial charge in [0.15, 0.2) is 0 Å². The molecule has 0 heterocycles. The van der Waals surface area contributed by atoms with Crippen LogP contribution >= 0.6 is 10.7 Å². The van der Waals surface area contributed by atoms with Crippen molar-refractivity contribution in [2.24, 2.45) is 0 Å². The minimum Gasteiger partial charge on any atom is -0.212 e. The van der Waals surface area contributed by atoms with E-state index < -0.39 is 14.9 Å². The van der Waals surface area contributed by atoms with Crippen LogP contribution in [0.4, 0.5) is 4.39 Å². The second-order valence-corrected chi connectivity index (χ2v) is 7.52. The maximum absolute atomic E-state index is 13.7. The van der Waals surface area contributed by atoms with E-state index in [4.69, 9.17) is 10.7 Å². The summed E-state index contributed by atoms with van der Waals surface area (Å²) >= 11 is 0. The molecule has 0 aliphatic carbocycles. The molecule has 0 saturated heterocycles. The summed E-state index contributed by atoms with van der Waals surface area (Å²) in [6.45, 7) is 5.68. The molecule has 0 atom stereocenters. The van der Waals surface area contributed by atoms with Crippen LogP contribution in [-0.2, 0) is 20.2 Å². The molecule has 2 nitrogen and oxygen atoms in total. The van der Waals surface area contributed by atoms with Crippen LogP contribution < -0.4 is 0 Å². The van der Waals surface area contributed by atoms with Crippen molar-refractivity contribution in [1.82, 2.24) is 0 Å². The van der Waals surface area contributed by atoms with Crippen LogP contribution in [0.1, 0.15) is 31.9 Å². The Morgan fingerprint density at radius 2 is 1.88 bits per heavy atom. The molecule has 0 aromatic heterocycles. The van der Waals surface area contributed by atoms with Crippen molar-refractivity contribution in [3.05, 3.63) is 35.1 Å². The molecule has 0 aliphatic rings. The zero-order valence-corrected chi connectivity index (χ0v) is 11.0. The minimum absolute atomic E-state index is 0.303. The van der Waals surface area contributed by atoms with Crippen LogP contribution in [0.3, 0.4) is 0 Å². The molecule has 0 unspecified atom stereocenters. The monoisotopic (exact) mass is 264 g/mol. The molecule has 0 amide bonds. The second-order valence-electron chi connectivity index (χ2n) is 4.75. The van der Waals surface area contributed by atoms with E-state index in [9.17, 15) is 12.8 Å². The first-order chi connectivity index (χ1) is 7.09. The van der Waals surface area contributed by atoms with Crippen LogP contribution in [0.15, 0.2) is 18.2 Å². The zero-order chi connectivity index (χ0) is 12.6. The molecular formula is C11H14ClFO2S. The lowest BCUT2D eigenvalue weighted by molar-refractivity contribution is 0.522. The molecule has 0 N–H and O–H groups in total. The molecule has 1 aromatic carbocycles. The maximum Gasteiger partial charge on any atom is 0.236 e. The predicted octanol–water partition coefficient (Wildman–Crippen LogP) is 3.19. The summed E-state index contributed by atoms with van der Waals surface area (Å²) < 4.78 is 35.4. The van der Waals surface area contributed by atoms with Gasteiger partial charge in [-0.25, -0.2) is 12.8 Å². The minimum atomic E-state index is -3.64. The number of hydrogen-bond donors (Lipinski definition) is 0. The SMILES string of the molecule is CC(C)(C)c1ccc(CS(=O)(=O)Cl)cc1F. The third-order valence-electron chi connectivity index (χ3n) is 2.18. The Hall–Kier alpha value is -0.610. The van der Waals surface area contributed by atoms with Crippen LogP contribution in [0.5, 0.6) is 0 Å². The molecule has 0 bridgehead atoms. The van der Waals surface area contributed by atoms with Gasteiger partial charge in [-0.3, -0.25) is 0 Å². The smallest absolute Gasteiger partial charge is 0.212 e. The Bertz CT molecular complexity index is 489. The predicted molar refractivity (Wildman–Crippen MR) is 63.6 cm³/mol. The molecule has 5 heteroatoms. The summed E-state index contributed by atoms with van der Waals surface area (Å²) in [5, 5.41) is 0. The first-order valence-electron chi connectivity index (χ1n) is 4.81. The van der Waals surface area contributed by atoms with Crippen molar-refractivity contribution >= 4 is 19.7 Å². The molecule has 1 aromatic rings. The summed E-state index contributed by atoms with van der Waals surface area (Å²) in [6.07, 6.45) is 0. The summed E-state index contributed by atoms with van der Waals surface area (Å²) in [7, 11) is 1.46. The second kappa shape index (κ2) is 4.34. The van der Waals surface area contributed by atoms with Gasteiger partial charge >= 0.3 is 0 Å². The Labute approximate surface area is 99.9 Å². The van der Waals surface area contributed by atoms with E-state index in [0.717, 1.165) is 0 Å². The van der Waals surface area contributed by atoms with Gasteiger partial charge in [-0.2, -0.15) is 0 Å². The Morgan fingerprint density at radius 1 is 1.31 bits per heavy atom. The normalized spacial score (nSPS) is 12.8. The van der Waals surface area contributed by atoms with Gasteiger partial charge in [0.05, 0.1) is 5.75 Å². The molecule has 0 saturated carbocycles. The van der Waals surface area contributed by atoms with Gasteiger partial charge in [0, 0.05) is 10.7 Å². The summed E-state index contributed by atoms with van der Waals surface area (Å²) in [6, 6.07) is 4.41. The molecule has 90 valence electrons. The number of hydrogen-bond acceptors (Lipinski definition) is 2. The summed E-state index contributed by atoms with van der Waals surface area (Å²) in [5.41, 5.74) is 0.617. The molecule has 0 aliphatic heterocycles. The van der Waals surface area contributed by atoms with Crippen molar-refractivity contribution < 1.29 is 12.8 Å². The van der Waals surface area contributed by atoms with Crippen LogP contribution in [0, 0.1) is 5.82 Å². The highest BCUT2D eigenvalue weighted by Gasteiger charge is 2.19. The van der Waals surface area contributed by atoms with E-state index in [-0.39, 0.29) is 11.2 Å². The lowest BCUT2D eigenvalue weighted by atomic mass is 9.86. The highest BCUT2D eigenvalue weighted by atomic mass is 35.7. The van der Waals surface area contributed by atoms with Gasteiger partial charge in [-0.1, -0.05) is 32.9 Å². The molecule has 0 fully saturated rings. The summed E-state index contributed by atoms with van der Waals surface area (Å²) in [5.74, 6) is -0.749. The molecule has 1 rings (SSSR count). The van der Waals surface area contributed by atoms with Gasteiger partial charge in [0.25, 0.3) is 0 Å². The molecule has 16 heavy (non-hydrogen) atoms. The van der Waals surface area contributed by atoms with Crippen LogP contribution in [-0.4, -0.2) is 8.42 Å². The molecule has 0 radical (unpaired) electrons. The fraction of sp³-hybridized carbons (Fsp3) is 0.455. The fourth-order valence-electron chi connectivity index (χ4n) is 1.46. The maximum atomic E-state index is 13.7. The van der Waals surface area contributed by atoms with Crippen molar-refractivity contribution in [2.45, 2.75) is 31.9 Å². The topological polar surface area (TPSA) is 34.1 Å². The Balaban J connectivity index is 3.10. The molecule has 0 spiro atoms. The fourth-order valence-corrected chi connectivity index (χ4v) is 2.41. The quantitative estimate of drug-likeness (QED) is 0.769. The Kier molecular flexibility index (Phi) is 3.65. The Morgan fingerprint density at radius 3 is 2.25 bits per heavy atom. The lowest BCUT2D eigenvalue weighted by Crippen LogP contribution is -2.13. The largest absolute Gasteiger partial charge is 0.236 e.